The van der Waals surface area contributed by atoms with E-state index in [1.54, 1.807) is 0 Å². The molecule has 1 heterocycles. The molecule has 2 nitrogen and oxygen atoms in total. The van der Waals surface area contributed by atoms with Gasteiger partial charge in [0.05, 0.1) is 0 Å². The molecule has 3 rings (SSSR count). The van der Waals surface area contributed by atoms with E-state index in [4.69, 9.17) is 4.18 Å². The van der Waals surface area contributed by atoms with Crippen LogP contribution in [-0.2, 0) is 6.42 Å². The topological polar surface area (TPSA) is 29.5 Å². The van der Waals surface area contributed by atoms with Crippen molar-refractivity contribution < 1.29 is 9.29 Å². The molecule has 1 aliphatic carbocycles. The number of aromatic hydroxyl groups is 1. The maximum atomic E-state index is 10.7. The highest BCUT2D eigenvalue weighted by Gasteiger charge is 2.42. The van der Waals surface area contributed by atoms with Crippen LogP contribution in [0.2, 0.25) is 0 Å². The predicted molar refractivity (Wildman–Crippen MR) is 101 cm³/mol. The van der Waals surface area contributed by atoms with Gasteiger partial charge in [-0.05, 0) is 62.8 Å². The SMILES string of the molecule is CCCCCc1cc(O)c2c(c1)OS(C)(C)[C@@H]1CCC(C)=C[C@@H]21. The highest BCUT2D eigenvalue weighted by atomic mass is 32.3. The summed E-state index contributed by atoms with van der Waals surface area (Å²) >= 11 is 0. The van der Waals surface area contributed by atoms with E-state index in [1.807, 2.05) is 6.07 Å². The highest BCUT2D eigenvalue weighted by Crippen LogP contribution is 2.62. The number of phenolic OH excluding ortho intramolecular Hbond substituents is 1. The summed E-state index contributed by atoms with van der Waals surface area (Å²) in [4.78, 5) is 0. The Kier molecular flexibility index (Phi) is 4.68. The molecule has 0 amide bonds. The van der Waals surface area contributed by atoms with E-state index < -0.39 is 10.3 Å². The summed E-state index contributed by atoms with van der Waals surface area (Å²) in [5.74, 6) is 1.69. The van der Waals surface area contributed by atoms with Gasteiger partial charge in [-0.3, -0.25) is 0 Å². The van der Waals surface area contributed by atoms with Crippen LogP contribution in [0.15, 0.2) is 23.8 Å². The molecule has 0 aromatic heterocycles. The lowest BCUT2D eigenvalue weighted by molar-refractivity contribution is 0.443. The number of phenols is 1. The van der Waals surface area contributed by atoms with E-state index in [2.05, 4.69) is 38.5 Å². The van der Waals surface area contributed by atoms with E-state index in [-0.39, 0.29) is 0 Å². The van der Waals surface area contributed by atoms with Crippen LogP contribution in [-0.4, -0.2) is 22.9 Å². The van der Waals surface area contributed by atoms with Gasteiger partial charge in [0.2, 0.25) is 0 Å². The Morgan fingerprint density at radius 3 is 2.78 bits per heavy atom. The number of benzene rings is 1. The molecule has 0 bridgehead atoms. The molecule has 0 unspecified atom stereocenters. The van der Waals surface area contributed by atoms with Gasteiger partial charge in [0.25, 0.3) is 0 Å². The Balaban J connectivity index is 1.99. The van der Waals surface area contributed by atoms with Gasteiger partial charge in [-0.15, -0.1) is 0 Å². The summed E-state index contributed by atoms with van der Waals surface area (Å²) in [6.07, 6.45) is 13.9. The minimum Gasteiger partial charge on any atom is -0.507 e. The van der Waals surface area contributed by atoms with Crippen LogP contribution in [0.5, 0.6) is 11.5 Å². The summed E-state index contributed by atoms with van der Waals surface area (Å²) in [6, 6.07) is 4.16. The average molecular weight is 335 g/mol. The number of aryl methyl sites for hydroxylation is 1. The zero-order chi connectivity index (χ0) is 16.6. The maximum absolute atomic E-state index is 10.7. The second-order valence-electron chi connectivity index (χ2n) is 7.49. The predicted octanol–water partition coefficient (Wildman–Crippen LogP) is 5.69. The maximum Gasteiger partial charge on any atom is 0.142 e. The van der Waals surface area contributed by atoms with Crippen molar-refractivity contribution in [1.29, 1.82) is 0 Å². The molecule has 2 aliphatic rings. The summed E-state index contributed by atoms with van der Waals surface area (Å²) in [5, 5.41) is 11.2. The van der Waals surface area contributed by atoms with Crippen molar-refractivity contribution in [3.05, 3.63) is 34.9 Å². The van der Waals surface area contributed by atoms with Crippen LogP contribution in [0.3, 0.4) is 0 Å². The van der Waals surface area contributed by atoms with Crippen LogP contribution in [0.1, 0.15) is 63.0 Å². The number of hydrogen-bond acceptors (Lipinski definition) is 2. The number of rotatable bonds is 4. The van der Waals surface area contributed by atoms with Gasteiger partial charge in [-0.1, -0.05) is 41.7 Å². The van der Waals surface area contributed by atoms with Crippen molar-refractivity contribution in [2.45, 2.75) is 63.5 Å². The first-order valence-electron chi connectivity index (χ1n) is 8.87. The monoisotopic (exact) mass is 334 g/mol. The number of allylic oxidation sites excluding steroid dienone is 2. The minimum absolute atomic E-state index is 0.321. The molecule has 2 atom stereocenters. The largest absolute Gasteiger partial charge is 0.507 e. The summed E-state index contributed by atoms with van der Waals surface area (Å²) in [7, 11) is -1.13. The van der Waals surface area contributed by atoms with Crippen LogP contribution in [0, 0.1) is 0 Å². The van der Waals surface area contributed by atoms with E-state index in [0.29, 0.717) is 16.9 Å². The van der Waals surface area contributed by atoms with Crippen molar-refractivity contribution in [2.24, 2.45) is 0 Å². The number of hydrogen-bond donors (Lipinski definition) is 1. The van der Waals surface area contributed by atoms with E-state index in [0.717, 1.165) is 24.2 Å². The molecule has 0 saturated heterocycles. The third kappa shape index (κ3) is 3.26. The van der Waals surface area contributed by atoms with Gasteiger partial charge in [0.1, 0.15) is 11.5 Å². The highest BCUT2D eigenvalue weighted by molar-refractivity contribution is 8.29. The first-order chi connectivity index (χ1) is 10.9. The zero-order valence-corrected chi connectivity index (χ0v) is 15.7. The summed E-state index contributed by atoms with van der Waals surface area (Å²) < 4.78 is 6.45. The molecule has 1 aliphatic heterocycles. The second-order valence-corrected chi connectivity index (χ2v) is 10.9. The third-order valence-corrected chi connectivity index (χ3v) is 7.90. The fourth-order valence-electron chi connectivity index (χ4n) is 4.04. The van der Waals surface area contributed by atoms with Gasteiger partial charge >= 0.3 is 0 Å². The minimum atomic E-state index is -1.13. The Bertz CT molecular complexity index is 618. The van der Waals surface area contributed by atoms with Crippen molar-refractivity contribution in [3.8, 4) is 11.5 Å². The lowest BCUT2D eigenvalue weighted by atomic mass is 9.84. The van der Waals surface area contributed by atoms with Gasteiger partial charge in [0, 0.05) is 16.7 Å². The van der Waals surface area contributed by atoms with Crippen LogP contribution in [0.4, 0.5) is 0 Å². The van der Waals surface area contributed by atoms with Gasteiger partial charge in [-0.2, -0.15) is 0 Å². The van der Waals surface area contributed by atoms with Crippen molar-refractivity contribution >= 4 is 10.3 Å². The smallest absolute Gasteiger partial charge is 0.142 e. The molecule has 1 aromatic rings. The Morgan fingerprint density at radius 1 is 1.26 bits per heavy atom. The van der Waals surface area contributed by atoms with Crippen LogP contribution < -0.4 is 4.18 Å². The van der Waals surface area contributed by atoms with Gasteiger partial charge in [-0.25, -0.2) is 0 Å². The first-order valence-corrected chi connectivity index (χ1v) is 11.3. The quantitative estimate of drug-likeness (QED) is 0.566. The molecule has 128 valence electrons. The first kappa shape index (κ1) is 16.8. The summed E-state index contributed by atoms with van der Waals surface area (Å²) in [6.45, 7) is 4.43. The molecule has 1 aromatic carbocycles. The zero-order valence-electron chi connectivity index (χ0n) is 14.9. The van der Waals surface area contributed by atoms with E-state index in [9.17, 15) is 5.11 Å². The molecular weight excluding hydrogens is 304 g/mol. The molecule has 1 N–H and O–H groups in total. The second kappa shape index (κ2) is 6.43. The van der Waals surface area contributed by atoms with Crippen LogP contribution >= 0.6 is 10.3 Å². The van der Waals surface area contributed by atoms with E-state index in [1.165, 1.54) is 36.8 Å². The number of fused-ring (bicyclic) bond motifs is 3. The fourth-order valence-corrected chi connectivity index (χ4v) is 6.37. The molecule has 0 fully saturated rings. The molecular formula is C20H30O2S. The molecule has 3 heteroatoms. The lowest BCUT2D eigenvalue weighted by Gasteiger charge is -2.49. The average Bonchev–Trinajstić information content (AvgIpc) is 2.46. The van der Waals surface area contributed by atoms with Crippen molar-refractivity contribution in [2.75, 3.05) is 12.5 Å². The van der Waals surface area contributed by atoms with Crippen LogP contribution in [0.25, 0.3) is 0 Å². The van der Waals surface area contributed by atoms with Gasteiger partial charge < -0.3 is 9.29 Å². The third-order valence-electron chi connectivity index (χ3n) is 5.30. The van der Waals surface area contributed by atoms with Gasteiger partial charge in [0.15, 0.2) is 0 Å². The Morgan fingerprint density at radius 2 is 2.04 bits per heavy atom. The standard InChI is InChI=1S/C20H30O2S/c1-5-6-7-8-15-12-17(21)20-16-11-14(2)9-10-19(16)23(3,4)22-18(20)13-15/h11-13,16,19,21H,5-10H2,1-4H3/t16-,19-/m1/s1. The fraction of sp³-hybridized carbons (Fsp3) is 0.600. The Labute approximate surface area is 142 Å². The molecule has 23 heavy (non-hydrogen) atoms. The van der Waals surface area contributed by atoms with E-state index >= 15 is 0 Å². The molecule has 0 radical (unpaired) electrons. The molecule has 0 spiro atoms. The normalized spacial score (nSPS) is 26.5. The van der Waals surface area contributed by atoms with Crippen molar-refractivity contribution in [1.82, 2.24) is 0 Å². The number of unbranched alkanes of at least 4 members (excludes halogenated alkanes) is 2. The lowest BCUT2D eigenvalue weighted by Crippen LogP contribution is -2.33. The Hall–Kier alpha value is -1.09. The van der Waals surface area contributed by atoms with Crippen molar-refractivity contribution in [3.63, 3.8) is 0 Å². The molecule has 0 saturated carbocycles. The summed E-state index contributed by atoms with van der Waals surface area (Å²) in [5.41, 5.74) is 3.68.